The van der Waals surface area contributed by atoms with Gasteiger partial charge in [0, 0.05) is 44.5 Å². The third kappa shape index (κ3) is 4.30. The van der Waals surface area contributed by atoms with Crippen LogP contribution in [0.1, 0.15) is 30.7 Å². The normalized spacial score (nSPS) is 16.1. The molecule has 1 saturated heterocycles. The Morgan fingerprint density at radius 3 is 2.74 bits per heavy atom. The number of ether oxygens (including phenoxy) is 1. The highest BCUT2D eigenvalue weighted by molar-refractivity contribution is 5.87. The number of halogens is 1. The quantitative estimate of drug-likeness (QED) is 0.790. The van der Waals surface area contributed by atoms with Gasteiger partial charge in [0.2, 0.25) is 17.6 Å². The SMILES string of the molecule is Cc1cc(-c2noc(CCC(=O)NC3(C(=O)O)CCOCC3)n2)ccc1F. The van der Waals surface area contributed by atoms with Crippen LogP contribution in [0.4, 0.5) is 4.39 Å². The zero-order valence-corrected chi connectivity index (χ0v) is 14.8. The monoisotopic (exact) mass is 377 g/mol. The Hall–Kier alpha value is -2.81. The van der Waals surface area contributed by atoms with E-state index >= 15 is 0 Å². The molecule has 0 bridgehead atoms. The van der Waals surface area contributed by atoms with Crippen molar-refractivity contribution in [3.8, 4) is 11.4 Å². The van der Waals surface area contributed by atoms with Gasteiger partial charge < -0.3 is 19.7 Å². The van der Waals surface area contributed by atoms with E-state index in [1.165, 1.54) is 6.07 Å². The molecule has 2 N–H and O–H groups in total. The maximum atomic E-state index is 13.4. The van der Waals surface area contributed by atoms with Crippen molar-refractivity contribution in [2.75, 3.05) is 13.2 Å². The minimum atomic E-state index is -1.29. The van der Waals surface area contributed by atoms with Gasteiger partial charge in [0.25, 0.3) is 0 Å². The van der Waals surface area contributed by atoms with E-state index in [9.17, 15) is 19.1 Å². The lowest BCUT2D eigenvalue weighted by molar-refractivity contribution is -0.152. The van der Waals surface area contributed by atoms with Crippen LogP contribution in [-0.4, -0.2) is 45.9 Å². The maximum Gasteiger partial charge on any atom is 0.329 e. The molecule has 1 aliphatic heterocycles. The van der Waals surface area contributed by atoms with Crippen molar-refractivity contribution in [3.05, 3.63) is 35.5 Å². The average molecular weight is 377 g/mol. The minimum Gasteiger partial charge on any atom is -0.480 e. The third-order valence-corrected chi connectivity index (χ3v) is 4.58. The number of aromatic nitrogens is 2. The number of carbonyl (C=O) groups is 2. The molecular formula is C18H20FN3O5. The fraction of sp³-hybridized carbons (Fsp3) is 0.444. The predicted molar refractivity (Wildman–Crippen MR) is 91.3 cm³/mol. The van der Waals surface area contributed by atoms with Crippen LogP contribution in [0.15, 0.2) is 22.7 Å². The van der Waals surface area contributed by atoms with Crippen molar-refractivity contribution in [2.45, 2.75) is 38.1 Å². The first-order valence-corrected chi connectivity index (χ1v) is 8.61. The van der Waals surface area contributed by atoms with E-state index in [-0.39, 0.29) is 50.6 Å². The Morgan fingerprint density at radius 2 is 2.07 bits per heavy atom. The lowest BCUT2D eigenvalue weighted by Crippen LogP contribution is -2.57. The third-order valence-electron chi connectivity index (χ3n) is 4.58. The summed E-state index contributed by atoms with van der Waals surface area (Å²) in [4.78, 5) is 28.0. The number of rotatable bonds is 6. The Kier molecular flexibility index (Phi) is 5.50. The van der Waals surface area contributed by atoms with Gasteiger partial charge in [-0.2, -0.15) is 4.98 Å². The van der Waals surface area contributed by atoms with Crippen LogP contribution < -0.4 is 5.32 Å². The molecule has 2 aromatic rings. The molecule has 1 fully saturated rings. The molecule has 1 aromatic heterocycles. The number of nitrogens with one attached hydrogen (secondary N) is 1. The summed E-state index contributed by atoms with van der Waals surface area (Å²) >= 11 is 0. The number of hydrogen-bond donors (Lipinski definition) is 2. The van der Waals surface area contributed by atoms with Gasteiger partial charge in [-0.3, -0.25) is 4.79 Å². The summed E-state index contributed by atoms with van der Waals surface area (Å²) < 4.78 is 23.7. The summed E-state index contributed by atoms with van der Waals surface area (Å²) in [6.45, 7) is 2.21. The zero-order chi connectivity index (χ0) is 19.4. The van der Waals surface area contributed by atoms with Crippen molar-refractivity contribution in [1.82, 2.24) is 15.5 Å². The molecule has 0 atom stereocenters. The van der Waals surface area contributed by atoms with E-state index in [2.05, 4.69) is 15.5 Å². The molecule has 1 amide bonds. The first-order valence-electron chi connectivity index (χ1n) is 8.61. The van der Waals surface area contributed by atoms with Crippen LogP contribution in [0.3, 0.4) is 0 Å². The molecule has 0 spiro atoms. The number of hydrogen-bond acceptors (Lipinski definition) is 6. The molecule has 0 unspecified atom stereocenters. The summed E-state index contributed by atoms with van der Waals surface area (Å²) in [5.41, 5.74) is -0.213. The highest BCUT2D eigenvalue weighted by Gasteiger charge is 2.41. The first-order chi connectivity index (χ1) is 12.9. The molecule has 0 aliphatic carbocycles. The Balaban J connectivity index is 1.60. The first kappa shape index (κ1) is 19.0. The summed E-state index contributed by atoms with van der Waals surface area (Å²) in [5.74, 6) is -1.24. The van der Waals surface area contributed by atoms with Gasteiger partial charge in [-0.15, -0.1) is 0 Å². The van der Waals surface area contributed by atoms with Gasteiger partial charge in [-0.05, 0) is 30.7 Å². The second-order valence-corrected chi connectivity index (χ2v) is 6.52. The van der Waals surface area contributed by atoms with Gasteiger partial charge in [-0.25, -0.2) is 9.18 Å². The topological polar surface area (TPSA) is 115 Å². The highest BCUT2D eigenvalue weighted by Crippen LogP contribution is 2.22. The fourth-order valence-corrected chi connectivity index (χ4v) is 2.92. The number of benzene rings is 1. The van der Waals surface area contributed by atoms with Crippen LogP contribution in [-0.2, 0) is 20.7 Å². The molecule has 144 valence electrons. The second-order valence-electron chi connectivity index (χ2n) is 6.52. The van der Waals surface area contributed by atoms with E-state index in [4.69, 9.17) is 9.26 Å². The average Bonchev–Trinajstić information content (AvgIpc) is 3.12. The Morgan fingerprint density at radius 1 is 1.33 bits per heavy atom. The van der Waals surface area contributed by atoms with Crippen molar-refractivity contribution < 1.29 is 28.3 Å². The van der Waals surface area contributed by atoms with Gasteiger partial charge in [0.15, 0.2) is 0 Å². The van der Waals surface area contributed by atoms with Crippen LogP contribution in [0.5, 0.6) is 0 Å². The van der Waals surface area contributed by atoms with Gasteiger partial charge >= 0.3 is 5.97 Å². The molecular weight excluding hydrogens is 357 g/mol. The van der Waals surface area contributed by atoms with E-state index in [0.29, 0.717) is 17.0 Å². The summed E-state index contributed by atoms with van der Waals surface area (Å²) in [7, 11) is 0. The number of aliphatic carboxylic acids is 1. The number of carboxylic acids is 1. The largest absolute Gasteiger partial charge is 0.480 e. The van der Waals surface area contributed by atoms with E-state index in [1.807, 2.05) is 0 Å². The van der Waals surface area contributed by atoms with Crippen molar-refractivity contribution in [1.29, 1.82) is 0 Å². The van der Waals surface area contributed by atoms with E-state index in [1.54, 1.807) is 19.1 Å². The smallest absolute Gasteiger partial charge is 0.329 e. The summed E-state index contributed by atoms with van der Waals surface area (Å²) in [6.07, 6.45) is 0.635. The van der Waals surface area contributed by atoms with Crippen LogP contribution >= 0.6 is 0 Å². The molecule has 0 radical (unpaired) electrons. The summed E-state index contributed by atoms with van der Waals surface area (Å²) in [5, 5.41) is 15.9. The van der Waals surface area contributed by atoms with Crippen molar-refractivity contribution in [2.24, 2.45) is 0 Å². The molecule has 1 aromatic carbocycles. The molecule has 1 aliphatic rings. The maximum absolute atomic E-state index is 13.4. The van der Waals surface area contributed by atoms with Crippen LogP contribution in [0.25, 0.3) is 11.4 Å². The van der Waals surface area contributed by atoms with Crippen molar-refractivity contribution >= 4 is 11.9 Å². The van der Waals surface area contributed by atoms with E-state index < -0.39 is 17.4 Å². The lowest BCUT2D eigenvalue weighted by Gasteiger charge is -2.33. The van der Waals surface area contributed by atoms with Gasteiger partial charge in [0.1, 0.15) is 11.4 Å². The molecule has 0 saturated carbocycles. The number of nitrogens with zero attached hydrogens (tertiary/aromatic N) is 2. The number of carbonyl (C=O) groups excluding carboxylic acids is 1. The van der Waals surface area contributed by atoms with Gasteiger partial charge in [-0.1, -0.05) is 5.16 Å². The predicted octanol–water partition coefficient (Wildman–Crippen LogP) is 1.87. The molecule has 3 rings (SSSR count). The molecule has 9 heteroatoms. The second kappa shape index (κ2) is 7.83. The lowest BCUT2D eigenvalue weighted by atomic mass is 9.90. The number of carboxylic acid groups (broad SMARTS) is 1. The Labute approximate surface area is 154 Å². The van der Waals surface area contributed by atoms with Crippen molar-refractivity contribution in [3.63, 3.8) is 0 Å². The van der Waals surface area contributed by atoms with Crippen LogP contribution in [0, 0.1) is 12.7 Å². The fourth-order valence-electron chi connectivity index (χ4n) is 2.92. The standard InChI is InChI=1S/C18H20FN3O5/c1-11-10-12(2-3-13(11)19)16-20-15(27-22-16)5-4-14(23)21-18(17(24)25)6-8-26-9-7-18/h2-3,10H,4-9H2,1H3,(H,21,23)(H,24,25). The van der Waals surface area contributed by atoms with E-state index in [0.717, 1.165) is 0 Å². The minimum absolute atomic E-state index is 0.0139. The molecule has 8 nitrogen and oxygen atoms in total. The number of aryl methyl sites for hydroxylation is 2. The Bertz CT molecular complexity index is 845. The van der Waals surface area contributed by atoms with Crippen LogP contribution in [0.2, 0.25) is 0 Å². The molecule has 27 heavy (non-hydrogen) atoms. The molecule has 2 heterocycles. The highest BCUT2D eigenvalue weighted by atomic mass is 19.1. The number of amides is 1. The van der Waals surface area contributed by atoms with Gasteiger partial charge in [0.05, 0.1) is 0 Å². The zero-order valence-electron chi connectivity index (χ0n) is 14.8. The summed E-state index contributed by atoms with van der Waals surface area (Å²) in [6, 6.07) is 4.48.